The first-order valence-electron chi connectivity index (χ1n) is 7.97. The van der Waals surface area contributed by atoms with Crippen LogP contribution in [0.15, 0.2) is 18.2 Å². The van der Waals surface area contributed by atoms with E-state index in [0.29, 0.717) is 24.2 Å². The number of benzene rings is 1. The molecule has 0 aliphatic heterocycles. The molecule has 1 aliphatic rings. The summed E-state index contributed by atoms with van der Waals surface area (Å²) in [7, 11) is -3.32. The summed E-state index contributed by atoms with van der Waals surface area (Å²) in [4.78, 5) is 12.4. The Bertz CT molecular complexity index is 686. The molecular formula is C16H26ClN3O3S. The first-order chi connectivity index (χ1) is 10.8. The third kappa shape index (κ3) is 5.09. The topological polar surface area (TPSA) is 101 Å². The minimum Gasteiger partial charge on any atom is -0.324 e. The van der Waals surface area contributed by atoms with Gasteiger partial charge in [-0.25, -0.2) is 8.42 Å². The van der Waals surface area contributed by atoms with Crippen molar-refractivity contribution in [2.45, 2.75) is 51.5 Å². The Hall–Kier alpha value is -1.31. The third-order valence-corrected chi connectivity index (χ3v) is 5.62. The van der Waals surface area contributed by atoms with Crippen LogP contribution >= 0.6 is 12.4 Å². The first-order valence-corrected chi connectivity index (χ1v) is 9.62. The molecule has 0 spiro atoms. The van der Waals surface area contributed by atoms with Gasteiger partial charge < -0.3 is 11.1 Å². The zero-order chi connectivity index (χ0) is 17.1. The molecule has 1 saturated carbocycles. The number of sulfonamides is 1. The summed E-state index contributed by atoms with van der Waals surface area (Å²) in [6.45, 7) is 3.37. The van der Waals surface area contributed by atoms with Crippen molar-refractivity contribution in [3.05, 3.63) is 23.8 Å². The van der Waals surface area contributed by atoms with Crippen LogP contribution in [0, 0.1) is 6.92 Å². The van der Waals surface area contributed by atoms with Gasteiger partial charge in [-0.05, 0) is 50.5 Å². The van der Waals surface area contributed by atoms with Crippen LogP contribution in [0.2, 0.25) is 0 Å². The minimum atomic E-state index is -3.32. The Kier molecular flexibility index (Phi) is 7.07. The average molecular weight is 376 g/mol. The quantitative estimate of drug-likeness (QED) is 0.736. The van der Waals surface area contributed by atoms with E-state index in [9.17, 15) is 13.2 Å². The van der Waals surface area contributed by atoms with E-state index in [1.165, 1.54) is 0 Å². The SMILES string of the molecule is CCS(=O)(=O)Nc1ccc(NC(=O)C2(N)CCCCC2)cc1C.Cl. The van der Waals surface area contributed by atoms with Crippen LogP contribution in [-0.2, 0) is 14.8 Å². The summed E-state index contributed by atoms with van der Waals surface area (Å²) in [5.41, 5.74) is 7.31. The summed E-state index contributed by atoms with van der Waals surface area (Å²) in [5, 5.41) is 2.86. The van der Waals surface area contributed by atoms with Crippen molar-refractivity contribution in [2.75, 3.05) is 15.8 Å². The summed E-state index contributed by atoms with van der Waals surface area (Å²) in [6, 6.07) is 5.09. The van der Waals surface area contributed by atoms with Crippen molar-refractivity contribution >= 4 is 39.7 Å². The maximum absolute atomic E-state index is 12.4. The van der Waals surface area contributed by atoms with Crippen LogP contribution in [0.25, 0.3) is 0 Å². The fraction of sp³-hybridized carbons (Fsp3) is 0.562. The molecular weight excluding hydrogens is 350 g/mol. The highest BCUT2D eigenvalue weighted by Gasteiger charge is 2.35. The molecule has 6 nitrogen and oxygen atoms in total. The fourth-order valence-corrected chi connectivity index (χ4v) is 3.47. The molecule has 0 saturated heterocycles. The molecule has 0 heterocycles. The van der Waals surface area contributed by atoms with Crippen LogP contribution in [0.1, 0.15) is 44.6 Å². The van der Waals surface area contributed by atoms with E-state index in [0.717, 1.165) is 24.8 Å². The molecule has 8 heteroatoms. The Morgan fingerprint density at radius 2 is 1.88 bits per heavy atom. The van der Waals surface area contributed by atoms with Crippen molar-refractivity contribution in [3.8, 4) is 0 Å². The first kappa shape index (κ1) is 20.7. The standard InChI is InChI=1S/C16H25N3O3S.ClH/c1-3-23(21,22)19-14-8-7-13(11-12(14)2)18-15(20)16(17)9-5-4-6-10-16;/h7-8,11,19H,3-6,9-10,17H2,1-2H3,(H,18,20);1H. The van der Waals surface area contributed by atoms with E-state index >= 15 is 0 Å². The number of carbonyl (C=O) groups excluding carboxylic acids is 1. The van der Waals surface area contributed by atoms with E-state index in [1.54, 1.807) is 32.0 Å². The molecule has 0 unspecified atom stereocenters. The lowest BCUT2D eigenvalue weighted by molar-refractivity contribution is -0.122. The van der Waals surface area contributed by atoms with Crippen molar-refractivity contribution < 1.29 is 13.2 Å². The average Bonchev–Trinajstić information content (AvgIpc) is 2.50. The fourth-order valence-electron chi connectivity index (χ4n) is 2.76. The third-order valence-electron chi connectivity index (χ3n) is 4.33. The Morgan fingerprint density at radius 1 is 1.25 bits per heavy atom. The number of hydrogen-bond donors (Lipinski definition) is 3. The molecule has 0 aromatic heterocycles. The number of rotatable bonds is 5. The summed E-state index contributed by atoms with van der Waals surface area (Å²) in [5.74, 6) is -0.154. The van der Waals surface area contributed by atoms with Gasteiger partial charge in [-0.15, -0.1) is 12.4 Å². The second kappa shape index (κ2) is 8.18. The molecule has 24 heavy (non-hydrogen) atoms. The highest BCUT2D eigenvalue weighted by atomic mass is 35.5. The number of nitrogens with two attached hydrogens (primary N) is 1. The zero-order valence-electron chi connectivity index (χ0n) is 14.1. The second-order valence-electron chi connectivity index (χ2n) is 6.21. The molecule has 0 radical (unpaired) electrons. The van der Waals surface area contributed by atoms with Gasteiger partial charge in [-0.2, -0.15) is 0 Å². The number of nitrogens with one attached hydrogen (secondary N) is 2. The van der Waals surface area contributed by atoms with Gasteiger partial charge in [0, 0.05) is 5.69 Å². The van der Waals surface area contributed by atoms with Crippen LogP contribution in [0.3, 0.4) is 0 Å². The van der Waals surface area contributed by atoms with Gasteiger partial charge in [-0.3, -0.25) is 9.52 Å². The molecule has 1 fully saturated rings. The van der Waals surface area contributed by atoms with E-state index < -0.39 is 15.6 Å². The number of aryl methyl sites for hydroxylation is 1. The summed E-state index contributed by atoms with van der Waals surface area (Å²) < 4.78 is 25.8. The van der Waals surface area contributed by atoms with E-state index in [4.69, 9.17) is 5.73 Å². The lowest BCUT2D eigenvalue weighted by Gasteiger charge is -2.31. The number of hydrogen-bond acceptors (Lipinski definition) is 4. The smallest absolute Gasteiger partial charge is 0.244 e. The van der Waals surface area contributed by atoms with Gasteiger partial charge in [0.05, 0.1) is 17.0 Å². The molecule has 0 atom stereocenters. The van der Waals surface area contributed by atoms with Crippen LogP contribution in [0.5, 0.6) is 0 Å². The number of amides is 1. The Labute approximate surface area is 150 Å². The van der Waals surface area contributed by atoms with Crippen LogP contribution in [-0.4, -0.2) is 25.6 Å². The summed E-state index contributed by atoms with van der Waals surface area (Å²) in [6.07, 6.45) is 4.47. The molecule has 4 N–H and O–H groups in total. The minimum absolute atomic E-state index is 0. The van der Waals surface area contributed by atoms with E-state index in [-0.39, 0.29) is 24.1 Å². The highest BCUT2D eigenvalue weighted by molar-refractivity contribution is 7.92. The van der Waals surface area contributed by atoms with E-state index in [1.807, 2.05) is 0 Å². The lowest BCUT2D eigenvalue weighted by Crippen LogP contribution is -2.52. The van der Waals surface area contributed by atoms with Crippen molar-refractivity contribution in [1.82, 2.24) is 0 Å². The lowest BCUT2D eigenvalue weighted by atomic mass is 9.82. The molecule has 1 aliphatic carbocycles. The van der Waals surface area contributed by atoms with E-state index in [2.05, 4.69) is 10.0 Å². The zero-order valence-corrected chi connectivity index (χ0v) is 15.7. The second-order valence-corrected chi connectivity index (χ2v) is 8.22. The van der Waals surface area contributed by atoms with Gasteiger partial charge in [-0.1, -0.05) is 19.3 Å². The number of anilines is 2. The largest absolute Gasteiger partial charge is 0.324 e. The number of carbonyl (C=O) groups is 1. The van der Waals surface area contributed by atoms with Crippen molar-refractivity contribution in [3.63, 3.8) is 0 Å². The molecule has 2 rings (SSSR count). The van der Waals surface area contributed by atoms with Crippen molar-refractivity contribution in [1.29, 1.82) is 0 Å². The highest BCUT2D eigenvalue weighted by Crippen LogP contribution is 2.28. The monoisotopic (exact) mass is 375 g/mol. The van der Waals surface area contributed by atoms with Crippen molar-refractivity contribution in [2.24, 2.45) is 5.73 Å². The Balaban J connectivity index is 0.00000288. The predicted molar refractivity (Wildman–Crippen MR) is 100 cm³/mol. The normalized spacial score (nSPS) is 16.8. The van der Waals surface area contributed by atoms with Gasteiger partial charge in [0.25, 0.3) is 0 Å². The van der Waals surface area contributed by atoms with Gasteiger partial charge in [0.1, 0.15) is 0 Å². The molecule has 1 amide bonds. The molecule has 1 aromatic rings. The summed E-state index contributed by atoms with van der Waals surface area (Å²) >= 11 is 0. The molecule has 0 bridgehead atoms. The van der Waals surface area contributed by atoms with Gasteiger partial charge >= 0.3 is 0 Å². The maximum atomic E-state index is 12.4. The maximum Gasteiger partial charge on any atom is 0.244 e. The Morgan fingerprint density at radius 3 is 2.42 bits per heavy atom. The van der Waals surface area contributed by atoms with Crippen LogP contribution in [0.4, 0.5) is 11.4 Å². The van der Waals surface area contributed by atoms with Gasteiger partial charge in [0.15, 0.2) is 0 Å². The molecule has 1 aromatic carbocycles. The molecule has 136 valence electrons. The van der Waals surface area contributed by atoms with Crippen LogP contribution < -0.4 is 15.8 Å². The number of halogens is 1. The van der Waals surface area contributed by atoms with Gasteiger partial charge in [0.2, 0.25) is 15.9 Å². The predicted octanol–water partition coefficient (Wildman–Crippen LogP) is 2.78.